The van der Waals surface area contributed by atoms with Crippen LogP contribution in [-0.4, -0.2) is 11.1 Å². The maximum Gasteiger partial charge on any atom is 0.224 e. The lowest BCUT2D eigenvalue weighted by Gasteiger charge is -2.01. The molecule has 13 heavy (non-hydrogen) atoms. The molecule has 1 aromatic heterocycles. The third kappa shape index (κ3) is 2.08. The van der Waals surface area contributed by atoms with Gasteiger partial charge in [0.25, 0.3) is 0 Å². The Bertz CT molecular complexity index is 305. The number of hydrogen-bond donors (Lipinski definition) is 1. The zero-order chi connectivity index (χ0) is 9.84. The lowest BCUT2D eigenvalue weighted by atomic mass is 10.2. The Kier molecular flexibility index (Phi) is 3.06. The van der Waals surface area contributed by atoms with Gasteiger partial charge in [-0.25, -0.2) is 0 Å². The first-order chi connectivity index (χ1) is 6.19. The molecule has 1 heterocycles. The fourth-order valence-electron chi connectivity index (χ4n) is 1.05. The first-order valence-corrected chi connectivity index (χ1v) is 4.44. The van der Waals surface area contributed by atoms with E-state index in [-0.39, 0.29) is 5.91 Å². The lowest BCUT2D eigenvalue weighted by molar-refractivity contribution is -0.115. The highest BCUT2D eigenvalue weighted by Gasteiger charge is 2.12. The molecule has 0 fully saturated rings. The van der Waals surface area contributed by atoms with Gasteiger partial charge in [0.1, 0.15) is 11.4 Å². The second-order valence-corrected chi connectivity index (χ2v) is 2.82. The van der Waals surface area contributed by atoms with Crippen LogP contribution in [-0.2, 0) is 11.2 Å². The molecular formula is C9H14N2O2. The molecular weight excluding hydrogens is 168 g/mol. The SMILES string of the molecule is CCC(=O)Nc1c(CC)noc1C. The van der Waals surface area contributed by atoms with Crippen molar-refractivity contribution in [3.8, 4) is 0 Å². The first kappa shape index (κ1) is 9.77. The summed E-state index contributed by atoms with van der Waals surface area (Å²) in [5, 5.41) is 6.60. The number of aromatic nitrogens is 1. The Labute approximate surface area is 77.3 Å². The molecule has 0 aliphatic carbocycles. The minimum atomic E-state index is -0.0130. The molecule has 0 saturated heterocycles. The van der Waals surface area contributed by atoms with E-state index in [2.05, 4.69) is 10.5 Å². The second-order valence-electron chi connectivity index (χ2n) is 2.82. The van der Waals surface area contributed by atoms with Gasteiger partial charge in [-0.1, -0.05) is 19.0 Å². The summed E-state index contributed by atoms with van der Waals surface area (Å²) in [5.74, 6) is 0.652. The third-order valence-electron chi connectivity index (χ3n) is 1.85. The number of rotatable bonds is 3. The molecule has 4 nitrogen and oxygen atoms in total. The van der Waals surface area contributed by atoms with Gasteiger partial charge in [-0.05, 0) is 13.3 Å². The number of nitrogens with one attached hydrogen (secondary N) is 1. The maximum atomic E-state index is 11.1. The van der Waals surface area contributed by atoms with Crippen molar-refractivity contribution in [1.82, 2.24) is 5.16 Å². The fourth-order valence-corrected chi connectivity index (χ4v) is 1.05. The molecule has 4 heteroatoms. The van der Waals surface area contributed by atoms with Crippen molar-refractivity contribution in [3.05, 3.63) is 11.5 Å². The summed E-state index contributed by atoms with van der Waals surface area (Å²) in [5.41, 5.74) is 1.54. The zero-order valence-electron chi connectivity index (χ0n) is 8.18. The molecule has 0 aromatic carbocycles. The van der Waals surface area contributed by atoms with E-state index >= 15 is 0 Å². The normalized spacial score (nSPS) is 10.1. The summed E-state index contributed by atoms with van der Waals surface area (Å²) in [6, 6.07) is 0. The number of hydrogen-bond acceptors (Lipinski definition) is 3. The van der Waals surface area contributed by atoms with Crippen LogP contribution in [0.15, 0.2) is 4.52 Å². The van der Waals surface area contributed by atoms with Gasteiger partial charge < -0.3 is 9.84 Å². The van der Waals surface area contributed by atoms with E-state index in [1.165, 1.54) is 0 Å². The van der Waals surface area contributed by atoms with Gasteiger partial charge in [0, 0.05) is 6.42 Å². The highest BCUT2D eigenvalue weighted by atomic mass is 16.5. The molecule has 0 atom stereocenters. The number of anilines is 1. The van der Waals surface area contributed by atoms with Gasteiger partial charge >= 0.3 is 0 Å². The lowest BCUT2D eigenvalue weighted by Crippen LogP contribution is -2.11. The molecule has 0 saturated carbocycles. The summed E-state index contributed by atoms with van der Waals surface area (Å²) >= 11 is 0. The summed E-state index contributed by atoms with van der Waals surface area (Å²) < 4.78 is 4.97. The quantitative estimate of drug-likeness (QED) is 0.776. The summed E-state index contributed by atoms with van der Waals surface area (Å²) in [6.45, 7) is 5.57. The van der Waals surface area contributed by atoms with Crippen molar-refractivity contribution in [2.45, 2.75) is 33.6 Å². The minimum Gasteiger partial charge on any atom is -0.359 e. The van der Waals surface area contributed by atoms with Crippen molar-refractivity contribution in [1.29, 1.82) is 0 Å². The average molecular weight is 182 g/mol. The molecule has 1 amide bonds. The smallest absolute Gasteiger partial charge is 0.224 e. The van der Waals surface area contributed by atoms with Gasteiger partial charge in [-0.15, -0.1) is 0 Å². The summed E-state index contributed by atoms with van der Waals surface area (Å²) in [6.07, 6.45) is 1.23. The van der Waals surface area contributed by atoms with Crippen LogP contribution in [0.1, 0.15) is 31.7 Å². The molecule has 0 bridgehead atoms. The Balaban J connectivity index is 2.85. The molecule has 0 unspecified atom stereocenters. The molecule has 0 radical (unpaired) electrons. The van der Waals surface area contributed by atoms with Crippen LogP contribution in [0.3, 0.4) is 0 Å². The van der Waals surface area contributed by atoms with Crippen molar-refractivity contribution in [3.63, 3.8) is 0 Å². The Hall–Kier alpha value is -1.32. The summed E-state index contributed by atoms with van der Waals surface area (Å²) in [4.78, 5) is 11.1. The van der Waals surface area contributed by atoms with Crippen LogP contribution in [0.2, 0.25) is 0 Å². The molecule has 0 aliphatic rings. The van der Waals surface area contributed by atoms with E-state index in [1.54, 1.807) is 6.92 Å². The predicted octanol–water partition coefficient (Wildman–Crippen LogP) is 1.89. The van der Waals surface area contributed by atoms with Gasteiger partial charge in [0.05, 0.1) is 0 Å². The summed E-state index contributed by atoms with van der Waals surface area (Å²) in [7, 11) is 0. The van der Waals surface area contributed by atoms with Gasteiger partial charge in [0.2, 0.25) is 5.91 Å². The van der Waals surface area contributed by atoms with Crippen LogP contribution in [0.4, 0.5) is 5.69 Å². The molecule has 1 aromatic rings. The number of amides is 1. The second kappa shape index (κ2) is 4.07. The highest BCUT2D eigenvalue weighted by molar-refractivity contribution is 5.91. The van der Waals surface area contributed by atoms with Crippen LogP contribution in [0.5, 0.6) is 0 Å². The molecule has 1 N–H and O–H groups in total. The van der Waals surface area contributed by atoms with Gasteiger partial charge in [-0.2, -0.15) is 0 Å². The van der Waals surface area contributed by atoms with Crippen LogP contribution < -0.4 is 5.32 Å². The zero-order valence-corrected chi connectivity index (χ0v) is 8.18. The van der Waals surface area contributed by atoms with Crippen molar-refractivity contribution >= 4 is 11.6 Å². The number of aryl methyl sites for hydroxylation is 2. The first-order valence-electron chi connectivity index (χ1n) is 4.44. The van der Waals surface area contributed by atoms with Crippen LogP contribution in [0, 0.1) is 6.92 Å². The van der Waals surface area contributed by atoms with Crippen LogP contribution in [0.25, 0.3) is 0 Å². The number of carbonyl (C=O) groups excluding carboxylic acids is 1. The maximum absolute atomic E-state index is 11.1. The van der Waals surface area contributed by atoms with Gasteiger partial charge in [0.15, 0.2) is 5.76 Å². The van der Waals surface area contributed by atoms with Crippen molar-refractivity contribution < 1.29 is 9.32 Å². The van der Waals surface area contributed by atoms with E-state index in [4.69, 9.17) is 4.52 Å². The monoisotopic (exact) mass is 182 g/mol. The van der Waals surface area contributed by atoms with E-state index in [1.807, 2.05) is 13.8 Å². The molecule has 72 valence electrons. The number of nitrogens with zero attached hydrogens (tertiary/aromatic N) is 1. The Morgan fingerprint density at radius 3 is 2.77 bits per heavy atom. The van der Waals surface area contributed by atoms with E-state index in [0.29, 0.717) is 12.2 Å². The Morgan fingerprint density at radius 2 is 2.23 bits per heavy atom. The van der Waals surface area contributed by atoms with E-state index in [0.717, 1.165) is 17.8 Å². The minimum absolute atomic E-state index is 0.0130. The van der Waals surface area contributed by atoms with Crippen LogP contribution >= 0.6 is 0 Å². The van der Waals surface area contributed by atoms with Crippen molar-refractivity contribution in [2.24, 2.45) is 0 Å². The fraction of sp³-hybridized carbons (Fsp3) is 0.556. The van der Waals surface area contributed by atoms with Gasteiger partial charge in [-0.3, -0.25) is 4.79 Å². The highest BCUT2D eigenvalue weighted by Crippen LogP contribution is 2.20. The number of carbonyl (C=O) groups is 1. The third-order valence-corrected chi connectivity index (χ3v) is 1.85. The van der Waals surface area contributed by atoms with Crippen molar-refractivity contribution in [2.75, 3.05) is 5.32 Å². The molecule has 0 aliphatic heterocycles. The standard InChI is InChI=1S/C9H14N2O2/c1-4-7-9(6(3)13-11-7)10-8(12)5-2/h4-5H2,1-3H3,(H,10,12). The Morgan fingerprint density at radius 1 is 1.54 bits per heavy atom. The van der Waals surface area contributed by atoms with E-state index in [9.17, 15) is 4.79 Å². The average Bonchev–Trinajstić information content (AvgIpc) is 2.48. The van der Waals surface area contributed by atoms with E-state index < -0.39 is 0 Å². The largest absolute Gasteiger partial charge is 0.359 e. The predicted molar refractivity (Wildman–Crippen MR) is 49.5 cm³/mol. The molecule has 1 rings (SSSR count). The molecule has 0 spiro atoms. The topological polar surface area (TPSA) is 55.1 Å².